The fourth-order valence-corrected chi connectivity index (χ4v) is 2.39. The smallest absolute Gasteiger partial charge is 0.315 e. The van der Waals surface area contributed by atoms with Crippen LogP contribution in [0.1, 0.15) is 43.6 Å². The molecule has 0 aliphatic rings. The Morgan fingerprint density at radius 3 is 2.62 bits per heavy atom. The molecule has 0 aromatic carbocycles. The lowest BCUT2D eigenvalue weighted by molar-refractivity contribution is 0.160. The first-order valence-electron chi connectivity index (χ1n) is 7.56. The predicted octanol–water partition coefficient (Wildman–Crippen LogP) is 1.43. The topological polar surface area (TPSA) is 79.2 Å². The van der Waals surface area contributed by atoms with Crippen molar-refractivity contribution in [3.63, 3.8) is 0 Å². The fourth-order valence-electron chi connectivity index (χ4n) is 2.39. The Morgan fingerprint density at radius 2 is 2.10 bits per heavy atom. The van der Waals surface area contributed by atoms with Gasteiger partial charge in [-0.15, -0.1) is 0 Å². The average Bonchev–Trinajstić information content (AvgIpc) is 2.63. The summed E-state index contributed by atoms with van der Waals surface area (Å²) in [6.07, 6.45) is 1.87. The van der Waals surface area contributed by atoms with Gasteiger partial charge in [0.15, 0.2) is 0 Å². The minimum Gasteiger partial charge on any atom is -0.391 e. The third-order valence-corrected chi connectivity index (χ3v) is 3.67. The van der Waals surface area contributed by atoms with Gasteiger partial charge in [-0.3, -0.25) is 4.68 Å². The number of urea groups is 1. The fraction of sp³-hybridized carbons (Fsp3) is 0.733. The summed E-state index contributed by atoms with van der Waals surface area (Å²) < 4.78 is 1.86. The molecule has 0 fully saturated rings. The highest BCUT2D eigenvalue weighted by Crippen LogP contribution is 2.14. The van der Waals surface area contributed by atoms with Gasteiger partial charge in [0.05, 0.1) is 11.8 Å². The van der Waals surface area contributed by atoms with E-state index in [2.05, 4.69) is 15.7 Å². The van der Waals surface area contributed by atoms with Crippen LogP contribution in [0.25, 0.3) is 0 Å². The van der Waals surface area contributed by atoms with Gasteiger partial charge in [0.25, 0.3) is 0 Å². The van der Waals surface area contributed by atoms with Gasteiger partial charge in [-0.2, -0.15) is 5.10 Å². The third kappa shape index (κ3) is 5.38. The van der Waals surface area contributed by atoms with Gasteiger partial charge in [0, 0.05) is 25.3 Å². The van der Waals surface area contributed by atoms with Crippen LogP contribution in [0.15, 0.2) is 0 Å². The highest BCUT2D eigenvalue weighted by atomic mass is 16.3. The van der Waals surface area contributed by atoms with Crippen LogP contribution >= 0.6 is 0 Å². The van der Waals surface area contributed by atoms with E-state index in [1.165, 1.54) is 5.56 Å². The summed E-state index contributed by atoms with van der Waals surface area (Å²) in [7, 11) is 1.92. The SMILES string of the molecule is CCCC(O)CNC(=O)NC(C)Cc1c(C)nn(C)c1C. The van der Waals surface area contributed by atoms with Crippen LogP contribution in [0.5, 0.6) is 0 Å². The minimum atomic E-state index is -0.473. The zero-order chi connectivity index (χ0) is 16.0. The van der Waals surface area contributed by atoms with E-state index < -0.39 is 6.10 Å². The summed E-state index contributed by atoms with van der Waals surface area (Å²) in [5.41, 5.74) is 3.30. The zero-order valence-electron chi connectivity index (χ0n) is 13.7. The van der Waals surface area contributed by atoms with Crippen LogP contribution < -0.4 is 10.6 Å². The Balaban J connectivity index is 2.42. The van der Waals surface area contributed by atoms with Gasteiger partial charge in [-0.1, -0.05) is 13.3 Å². The lowest BCUT2D eigenvalue weighted by Gasteiger charge is -2.16. The Kier molecular flexibility index (Phi) is 6.68. The van der Waals surface area contributed by atoms with E-state index in [0.717, 1.165) is 24.2 Å². The zero-order valence-corrected chi connectivity index (χ0v) is 13.7. The Hall–Kier alpha value is -1.56. The van der Waals surface area contributed by atoms with Crippen molar-refractivity contribution < 1.29 is 9.90 Å². The lowest BCUT2D eigenvalue weighted by atomic mass is 10.1. The van der Waals surface area contributed by atoms with Crippen molar-refractivity contribution >= 4 is 6.03 Å². The third-order valence-electron chi connectivity index (χ3n) is 3.67. The molecule has 3 N–H and O–H groups in total. The molecule has 1 rings (SSSR count). The molecule has 1 aromatic rings. The molecule has 0 aliphatic heterocycles. The van der Waals surface area contributed by atoms with Crippen LogP contribution in [-0.2, 0) is 13.5 Å². The van der Waals surface area contributed by atoms with E-state index in [0.29, 0.717) is 6.42 Å². The van der Waals surface area contributed by atoms with Crippen molar-refractivity contribution in [2.45, 2.75) is 59.1 Å². The monoisotopic (exact) mass is 296 g/mol. The second kappa shape index (κ2) is 8.02. The van der Waals surface area contributed by atoms with E-state index in [4.69, 9.17) is 0 Å². The number of nitrogens with zero attached hydrogens (tertiary/aromatic N) is 2. The molecule has 0 saturated carbocycles. The summed E-state index contributed by atoms with van der Waals surface area (Å²) in [4.78, 5) is 11.8. The van der Waals surface area contributed by atoms with Crippen LogP contribution in [0.3, 0.4) is 0 Å². The number of aromatic nitrogens is 2. The summed E-state index contributed by atoms with van der Waals surface area (Å²) in [5, 5.41) is 19.6. The van der Waals surface area contributed by atoms with Crippen LogP contribution in [-0.4, -0.2) is 39.6 Å². The van der Waals surface area contributed by atoms with Crippen molar-refractivity contribution in [2.24, 2.45) is 7.05 Å². The number of amides is 2. The molecular weight excluding hydrogens is 268 g/mol. The molecule has 2 amide bonds. The molecule has 0 aliphatic carbocycles. The number of nitrogens with one attached hydrogen (secondary N) is 2. The van der Waals surface area contributed by atoms with Crippen LogP contribution in [0, 0.1) is 13.8 Å². The molecule has 6 heteroatoms. The van der Waals surface area contributed by atoms with Gasteiger partial charge in [0.1, 0.15) is 0 Å². The van der Waals surface area contributed by atoms with E-state index in [9.17, 15) is 9.90 Å². The van der Waals surface area contributed by atoms with Crippen molar-refractivity contribution in [2.75, 3.05) is 6.54 Å². The number of carbonyl (C=O) groups excluding carboxylic acids is 1. The maximum Gasteiger partial charge on any atom is 0.315 e. The highest BCUT2D eigenvalue weighted by Gasteiger charge is 2.15. The average molecular weight is 296 g/mol. The number of rotatable bonds is 7. The van der Waals surface area contributed by atoms with Gasteiger partial charge >= 0.3 is 6.03 Å². The molecule has 0 saturated heterocycles. The Bertz CT molecular complexity index is 470. The first-order chi connectivity index (χ1) is 9.85. The molecule has 0 bridgehead atoms. The van der Waals surface area contributed by atoms with E-state index in [1.807, 2.05) is 39.4 Å². The molecular formula is C15H28N4O2. The lowest BCUT2D eigenvalue weighted by Crippen LogP contribution is -2.44. The molecule has 2 unspecified atom stereocenters. The van der Waals surface area contributed by atoms with Crippen molar-refractivity contribution in [3.8, 4) is 0 Å². The summed E-state index contributed by atoms with van der Waals surface area (Å²) in [6, 6.07) is -0.230. The second-order valence-electron chi connectivity index (χ2n) is 5.68. The summed E-state index contributed by atoms with van der Waals surface area (Å²) >= 11 is 0. The molecule has 6 nitrogen and oxygen atoms in total. The van der Waals surface area contributed by atoms with Crippen molar-refractivity contribution in [1.82, 2.24) is 20.4 Å². The van der Waals surface area contributed by atoms with Gasteiger partial charge in [-0.25, -0.2) is 4.79 Å². The molecule has 1 heterocycles. The quantitative estimate of drug-likeness (QED) is 0.712. The largest absolute Gasteiger partial charge is 0.391 e. The van der Waals surface area contributed by atoms with Gasteiger partial charge in [-0.05, 0) is 39.2 Å². The van der Waals surface area contributed by atoms with Gasteiger partial charge in [0.2, 0.25) is 0 Å². The normalized spacial score (nSPS) is 13.8. The number of hydrogen-bond acceptors (Lipinski definition) is 3. The standard InChI is InChI=1S/C15H28N4O2/c1-6-7-13(20)9-16-15(21)17-10(2)8-14-11(3)18-19(5)12(14)4/h10,13,20H,6-9H2,1-5H3,(H2,16,17,21). The number of carbonyl (C=O) groups is 1. The summed E-state index contributed by atoms with van der Waals surface area (Å²) in [6.45, 7) is 8.27. The molecule has 1 aromatic heterocycles. The molecule has 21 heavy (non-hydrogen) atoms. The minimum absolute atomic E-state index is 0.00918. The molecule has 120 valence electrons. The van der Waals surface area contributed by atoms with E-state index in [-0.39, 0.29) is 18.6 Å². The maximum absolute atomic E-state index is 11.8. The van der Waals surface area contributed by atoms with Gasteiger partial charge < -0.3 is 15.7 Å². The maximum atomic E-state index is 11.8. The van der Waals surface area contributed by atoms with Crippen molar-refractivity contribution in [1.29, 1.82) is 0 Å². The predicted molar refractivity (Wildman–Crippen MR) is 83.3 cm³/mol. The first-order valence-corrected chi connectivity index (χ1v) is 7.56. The highest BCUT2D eigenvalue weighted by molar-refractivity contribution is 5.74. The Labute approximate surface area is 126 Å². The van der Waals surface area contributed by atoms with Crippen LogP contribution in [0.4, 0.5) is 4.79 Å². The van der Waals surface area contributed by atoms with Crippen molar-refractivity contribution in [3.05, 3.63) is 17.0 Å². The molecule has 0 radical (unpaired) electrons. The second-order valence-corrected chi connectivity index (χ2v) is 5.68. The van der Waals surface area contributed by atoms with E-state index in [1.54, 1.807) is 0 Å². The number of aliphatic hydroxyl groups is 1. The number of hydrogen-bond donors (Lipinski definition) is 3. The summed E-state index contributed by atoms with van der Waals surface area (Å²) in [5.74, 6) is 0. The first kappa shape index (κ1) is 17.5. The molecule has 2 atom stereocenters. The molecule has 0 spiro atoms. The van der Waals surface area contributed by atoms with E-state index >= 15 is 0 Å². The number of aliphatic hydroxyl groups excluding tert-OH is 1. The Morgan fingerprint density at radius 1 is 1.43 bits per heavy atom. The van der Waals surface area contributed by atoms with Crippen LogP contribution in [0.2, 0.25) is 0 Å². The number of aryl methyl sites for hydroxylation is 2.